The van der Waals surface area contributed by atoms with Crippen LogP contribution in [0, 0.1) is 5.92 Å². The van der Waals surface area contributed by atoms with Crippen LogP contribution in [-0.2, 0) is 16.1 Å². The van der Waals surface area contributed by atoms with Crippen LogP contribution in [0.2, 0.25) is 0 Å². The van der Waals surface area contributed by atoms with Crippen molar-refractivity contribution < 1.29 is 19.1 Å². The number of amides is 2. The van der Waals surface area contributed by atoms with E-state index >= 15 is 0 Å². The van der Waals surface area contributed by atoms with Gasteiger partial charge in [-0.05, 0) is 23.8 Å². The SMILES string of the molecule is O=C(NCc1cccnc1)[C@H]1CC(=O)N(c2ccc3c(c2)OCO3)C1. The fourth-order valence-electron chi connectivity index (χ4n) is 3.02. The zero-order valence-electron chi connectivity index (χ0n) is 13.5. The fraction of sp³-hybridized carbons (Fsp3) is 0.278. The highest BCUT2D eigenvalue weighted by Gasteiger charge is 2.35. The number of hydrogen-bond acceptors (Lipinski definition) is 5. The number of nitrogens with zero attached hydrogens (tertiary/aromatic N) is 2. The molecule has 0 spiro atoms. The lowest BCUT2D eigenvalue weighted by Gasteiger charge is -2.17. The highest BCUT2D eigenvalue weighted by atomic mass is 16.7. The molecule has 4 rings (SSSR count). The minimum Gasteiger partial charge on any atom is -0.454 e. The Bertz CT molecular complexity index is 809. The van der Waals surface area contributed by atoms with Crippen molar-refractivity contribution >= 4 is 17.5 Å². The zero-order valence-corrected chi connectivity index (χ0v) is 13.5. The molecule has 1 aromatic heterocycles. The van der Waals surface area contributed by atoms with Gasteiger partial charge in [0.25, 0.3) is 0 Å². The summed E-state index contributed by atoms with van der Waals surface area (Å²) in [5.41, 5.74) is 1.64. The molecule has 0 bridgehead atoms. The maximum Gasteiger partial charge on any atom is 0.231 e. The number of rotatable bonds is 4. The molecule has 1 atom stereocenters. The molecule has 0 radical (unpaired) electrons. The topological polar surface area (TPSA) is 80.8 Å². The van der Waals surface area contributed by atoms with Gasteiger partial charge < -0.3 is 19.7 Å². The Morgan fingerprint density at radius 2 is 2.16 bits per heavy atom. The van der Waals surface area contributed by atoms with E-state index in [-0.39, 0.29) is 30.9 Å². The van der Waals surface area contributed by atoms with Gasteiger partial charge in [-0.3, -0.25) is 14.6 Å². The Kier molecular flexibility index (Phi) is 3.97. The zero-order chi connectivity index (χ0) is 17.2. The standard InChI is InChI=1S/C18H17N3O4/c22-17-6-13(18(23)20-9-12-2-1-5-19-8-12)10-21(17)14-3-4-15-16(7-14)25-11-24-15/h1-5,7-8,13H,6,9-11H2,(H,20,23)/t13-/m0/s1. The number of benzene rings is 1. The summed E-state index contributed by atoms with van der Waals surface area (Å²) in [6.45, 7) is 0.949. The average Bonchev–Trinajstić information content (AvgIpc) is 3.26. The number of carbonyl (C=O) groups excluding carboxylic acids is 2. The lowest BCUT2D eigenvalue weighted by Crippen LogP contribution is -2.32. The van der Waals surface area contributed by atoms with Crippen LogP contribution in [0.15, 0.2) is 42.7 Å². The van der Waals surface area contributed by atoms with E-state index < -0.39 is 0 Å². The van der Waals surface area contributed by atoms with Crippen LogP contribution in [0.3, 0.4) is 0 Å². The van der Waals surface area contributed by atoms with E-state index in [1.807, 2.05) is 12.1 Å². The molecule has 0 aliphatic carbocycles. The Hall–Kier alpha value is -3.09. The van der Waals surface area contributed by atoms with Crippen LogP contribution in [0.25, 0.3) is 0 Å². The van der Waals surface area contributed by atoms with E-state index in [2.05, 4.69) is 10.3 Å². The van der Waals surface area contributed by atoms with Gasteiger partial charge in [-0.2, -0.15) is 0 Å². The summed E-state index contributed by atoms with van der Waals surface area (Å²) in [5.74, 6) is 0.728. The largest absolute Gasteiger partial charge is 0.454 e. The third kappa shape index (κ3) is 3.13. The van der Waals surface area contributed by atoms with E-state index in [0.29, 0.717) is 24.6 Å². The van der Waals surface area contributed by atoms with Crippen LogP contribution < -0.4 is 19.7 Å². The molecule has 0 saturated carbocycles. The number of anilines is 1. The molecule has 25 heavy (non-hydrogen) atoms. The predicted octanol–water partition coefficient (Wildman–Crippen LogP) is 1.48. The van der Waals surface area contributed by atoms with Gasteiger partial charge in [0.2, 0.25) is 18.6 Å². The van der Waals surface area contributed by atoms with E-state index in [4.69, 9.17) is 9.47 Å². The monoisotopic (exact) mass is 339 g/mol. The molecular weight excluding hydrogens is 322 g/mol. The first-order valence-electron chi connectivity index (χ1n) is 8.07. The first-order valence-corrected chi connectivity index (χ1v) is 8.07. The maximum atomic E-state index is 12.4. The second-order valence-electron chi connectivity index (χ2n) is 6.02. The third-order valence-corrected chi connectivity index (χ3v) is 4.35. The Balaban J connectivity index is 1.40. The molecule has 3 heterocycles. The van der Waals surface area contributed by atoms with Crippen molar-refractivity contribution in [2.24, 2.45) is 5.92 Å². The number of hydrogen-bond donors (Lipinski definition) is 1. The average molecular weight is 339 g/mol. The van der Waals surface area contributed by atoms with Gasteiger partial charge in [0.15, 0.2) is 11.5 Å². The molecule has 2 aromatic rings. The lowest BCUT2D eigenvalue weighted by molar-refractivity contribution is -0.126. The van der Waals surface area contributed by atoms with Crippen molar-refractivity contribution in [3.63, 3.8) is 0 Å². The van der Waals surface area contributed by atoms with Crippen molar-refractivity contribution in [2.75, 3.05) is 18.2 Å². The van der Waals surface area contributed by atoms with Crippen LogP contribution in [-0.4, -0.2) is 30.1 Å². The van der Waals surface area contributed by atoms with Crippen LogP contribution >= 0.6 is 0 Å². The number of fused-ring (bicyclic) bond motifs is 1. The van der Waals surface area contributed by atoms with Gasteiger partial charge in [0.1, 0.15) is 0 Å². The van der Waals surface area contributed by atoms with Crippen molar-refractivity contribution in [1.29, 1.82) is 0 Å². The van der Waals surface area contributed by atoms with Crippen molar-refractivity contribution in [1.82, 2.24) is 10.3 Å². The van der Waals surface area contributed by atoms with Gasteiger partial charge in [-0.1, -0.05) is 6.07 Å². The van der Waals surface area contributed by atoms with Gasteiger partial charge in [0, 0.05) is 43.7 Å². The molecule has 7 nitrogen and oxygen atoms in total. The maximum absolute atomic E-state index is 12.4. The molecule has 2 amide bonds. The summed E-state index contributed by atoms with van der Waals surface area (Å²) in [6, 6.07) is 9.08. The molecule has 2 aliphatic heterocycles. The van der Waals surface area contributed by atoms with E-state index in [1.165, 1.54) is 0 Å². The molecule has 0 unspecified atom stereocenters. The summed E-state index contributed by atoms with van der Waals surface area (Å²) in [6.07, 6.45) is 3.59. The smallest absolute Gasteiger partial charge is 0.231 e. The van der Waals surface area contributed by atoms with Crippen LogP contribution in [0.4, 0.5) is 5.69 Å². The third-order valence-electron chi connectivity index (χ3n) is 4.35. The highest BCUT2D eigenvalue weighted by Crippen LogP contribution is 2.37. The molecule has 1 saturated heterocycles. The molecular formula is C18H17N3O4. The summed E-state index contributed by atoms with van der Waals surface area (Å²) < 4.78 is 10.6. The second-order valence-corrected chi connectivity index (χ2v) is 6.02. The normalized spacial score (nSPS) is 18.5. The van der Waals surface area contributed by atoms with Crippen molar-refractivity contribution in [3.8, 4) is 11.5 Å². The number of aromatic nitrogens is 1. The highest BCUT2D eigenvalue weighted by molar-refractivity contribution is 6.00. The molecule has 1 aromatic carbocycles. The predicted molar refractivity (Wildman–Crippen MR) is 89.1 cm³/mol. The van der Waals surface area contributed by atoms with Gasteiger partial charge >= 0.3 is 0 Å². The number of pyridine rings is 1. The molecule has 1 N–H and O–H groups in total. The Morgan fingerprint density at radius 3 is 3.00 bits per heavy atom. The summed E-state index contributed by atoms with van der Waals surface area (Å²) >= 11 is 0. The summed E-state index contributed by atoms with van der Waals surface area (Å²) in [5, 5.41) is 2.87. The Morgan fingerprint density at radius 1 is 1.28 bits per heavy atom. The first kappa shape index (κ1) is 15.4. The second kappa shape index (κ2) is 6.43. The minimum absolute atomic E-state index is 0.0691. The van der Waals surface area contributed by atoms with Gasteiger partial charge in [-0.25, -0.2) is 0 Å². The van der Waals surface area contributed by atoms with Gasteiger partial charge in [0.05, 0.1) is 5.92 Å². The number of carbonyl (C=O) groups is 2. The fourth-order valence-corrected chi connectivity index (χ4v) is 3.02. The molecule has 128 valence electrons. The van der Waals surface area contributed by atoms with Crippen LogP contribution in [0.5, 0.6) is 11.5 Å². The number of nitrogens with one attached hydrogen (secondary N) is 1. The molecule has 7 heteroatoms. The molecule has 2 aliphatic rings. The van der Waals surface area contributed by atoms with Crippen molar-refractivity contribution in [2.45, 2.75) is 13.0 Å². The quantitative estimate of drug-likeness (QED) is 0.912. The lowest BCUT2D eigenvalue weighted by atomic mass is 10.1. The van der Waals surface area contributed by atoms with E-state index in [9.17, 15) is 9.59 Å². The van der Waals surface area contributed by atoms with E-state index in [0.717, 1.165) is 11.3 Å². The Labute approximate surface area is 144 Å². The first-order chi connectivity index (χ1) is 12.2. The van der Waals surface area contributed by atoms with Crippen LogP contribution in [0.1, 0.15) is 12.0 Å². The number of ether oxygens (including phenoxy) is 2. The minimum atomic E-state index is -0.366. The van der Waals surface area contributed by atoms with E-state index in [1.54, 1.807) is 35.5 Å². The van der Waals surface area contributed by atoms with Crippen molar-refractivity contribution in [3.05, 3.63) is 48.3 Å². The molecule has 1 fully saturated rings. The summed E-state index contributed by atoms with van der Waals surface area (Å²) in [7, 11) is 0. The summed E-state index contributed by atoms with van der Waals surface area (Å²) in [4.78, 5) is 30.3. The van der Waals surface area contributed by atoms with Gasteiger partial charge in [-0.15, -0.1) is 0 Å².